The molecule has 0 aliphatic rings. The lowest BCUT2D eigenvalue weighted by Crippen LogP contribution is -2.27. The van der Waals surface area contributed by atoms with Crippen LogP contribution in [-0.4, -0.2) is 16.9 Å². The minimum atomic E-state index is -0.556. The molecule has 10 heavy (non-hydrogen) atoms. The van der Waals surface area contributed by atoms with Crippen LogP contribution < -0.4 is 0 Å². The summed E-state index contributed by atoms with van der Waals surface area (Å²) in [5.74, 6) is -0.367. The van der Waals surface area contributed by atoms with Crippen molar-refractivity contribution in [1.29, 1.82) is 0 Å². The predicted molar refractivity (Wildman–Crippen MR) is 41.2 cm³/mol. The van der Waals surface area contributed by atoms with Gasteiger partial charge in [-0.2, -0.15) is 0 Å². The average molecular weight is 165 g/mol. The van der Waals surface area contributed by atoms with Crippen molar-refractivity contribution in [2.24, 2.45) is 0 Å². The van der Waals surface area contributed by atoms with Crippen molar-refractivity contribution in [2.75, 3.05) is 0 Å². The molecule has 0 rings (SSSR count). The number of hydrogen-bond donors (Lipinski definition) is 0. The fourth-order valence-corrected chi connectivity index (χ4v) is 0.428. The number of halogens is 1. The first-order valence-corrected chi connectivity index (χ1v) is 3.63. The van der Waals surface area contributed by atoms with Gasteiger partial charge in [-0.3, -0.25) is 4.79 Å². The third kappa shape index (κ3) is 4.62. The van der Waals surface area contributed by atoms with Crippen LogP contribution in [0.5, 0.6) is 0 Å². The zero-order valence-corrected chi connectivity index (χ0v) is 7.53. The smallest absolute Gasteiger partial charge is 0.324 e. The fourth-order valence-electron chi connectivity index (χ4n) is 0.383. The Morgan fingerprint density at radius 2 is 1.90 bits per heavy atom. The first-order chi connectivity index (χ1) is 4.33. The molecule has 0 heterocycles. The van der Waals surface area contributed by atoms with E-state index in [9.17, 15) is 4.79 Å². The van der Waals surface area contributed by atoms with Gasteiger partial charge in [-0.1, -0.05) is 0 Å². The van der Waals surface area contributed by atoms with Gasteiger partial charge in [0.15, 0.2) is 0 Å². The minimum absolute atomic E-state index is 0.367. The Bertz CT molecular complexity index is 124. The molecule has 60 valence electrons. The zero-order valence-electron chi connectivity index (χ0n) is 6.77. The number of hydrogen-bond acceptors (Lipinski definition) is 2. The van der Waals surface area contributed by atoms with Crippen LogP contribution in [0.15, 0.2) is 0 Å². The van der Waals surface area contributed by atoms with Crippen LogP contribution in [0.1, 0.15) is 27.7 Å². The molecule has 0 aromatic rings. The van der Waals surface area contributed by atoms with Crippen molar-refractivity contribution in [2.45, 2.75) is 38.7 Å². The van der Waals surface area contributed by atoms with E-state index in [1.165, 1.54) is 0 Å². The van der Waals surface area contributed by atoms with E-state index in [0.717, 1.165) is 0 Å². The van der Waals surface area contributed by atoms with E-state index in [1.54, 1.807) is 6.92 Å². The van der Waals surface area contributed by atoms with Crippen molar-refractivity contribution in [3.05, 3.63) is 0 Å². The third-order valence-electron chi connectivity index (χ3n) is 0.732. The summed E-state index contributed by atoms with van der Waals surface area (Å²) >= 11 is 5.46. The van der Waals surface area contributed by atoms with Gasteiger partial charge < -0.3 is 4.74 Å². The Labute approximate surface area is 66.5 Å². The molecule has 0 aromatic carbocycles. The largest absolute Gasteiger partial charge is 0.459 e. The zero-order chi connectivity index (χ0) is 8.36. The van der Waals surface area contributed by atoms with Crippen molar-refractivity contribution in [1.82, 2.24) is 0 Å². The highest BCUT2D eigenvalue weighted by Gasteiger charge is 2.19. The molecule has 0 N–H and O–H groups in total. The molecule has 0 fully saturated rings. The summed E-state index contributed by atoms with van der Waals surface area (Å²) in [4.78, 5) is 10.8. The van der Waals surface area contributed by atoms with E-state index in [1.807, 2.05) is 20.8 Å². The molecule has 0 bridgehead atoms. The van der Waals surface area contributed by atoms with Crippen LogP contribution in [0, 0.1) is 0 Å². The topological polar surface area (TPSA) is 26.3 Å². The molecule has 0 radical (unpaired) electrons. The Hall–Kier alpha value is -0.240. The van der Waals surface area contributed by atoms with Gasteiger partial charge in [0.1, 0.15) is 11.0 Å². The van der Waals surface area contributed by atoms with Crippen molar-refractivity contribution >= 4 is 17.6 Å². The summed E-state index contributed by atoms with van der Waals surface area (Å²) in [7, 11) is 0. The Morgan fingerprint density at radius 1 is 1.50 bits per heavy atom. The van der Waals surface area contributed by atoms with E-state index >= 15 is 0 Å². The highest BCUT2D eigenvalue weighted by Crippen LogP contribution is 2.09. The molecule has 2 nitrogen and oxygen atoms in total. The number of ether oxygens (including phenoxy) is 1. The van der Waals surface area contributed by atoms with E-state index < -0.39 is 11.0 Å². The number of carbonyl (C=O) groups is 1. The van der Waals surface area contributed by atoms with Gasteiger partial charge in [-0.15, -0.1) is 11.6 Å². The molecular weight excluding hydrogens is 152 g/mol. The summed E-state index contributed by atoms with van der Waals surface area (Å²) in [6.45, 7) is 7.02. The molecule has 0 unspecified atom stereocenters. The quantitative estimate of drug-likeness (QED) is 0.438. The van der Waals surface area contributed by atoms with E-state index in [-0.39, 0.29) is 5.97 Å². The second-order valence-electron chi connectivity index (χ2n) is 3.15. The van der Waals surface area contributed by atoms with Crippen LogP contribution in [-0.2, 0) is 9.53 Å². The molecular formula is C7H13ClO2. The van der Waals surface area contributed by atoms with Crippen LogP contribution >= 0.6 is 11.6 Å². The number of rotatable bonds is 1. The van der Waals surface area contributed by atoms with Gasteiger partial charge in [0, 0.05) is 0 Å². The number of esters is 1. The first kappa shape index (κ1) is 9.76. The van der Waals surface area contributed by atoms with Gasteiger partial charge in [0.25, 0.3) is 0 Å². The predicted octanol–water partition coefficient (Wildman–Crippen LogP) is 1.96. The summed E-state index contributed by atoms with van der Waals surface area (Å²) in [6.07, 6.45) is 0. The molecule has 0 aliphatic carbocycles. The molecule has 0 saturated heterocycles. The summed E-state index contributed by atoms with van der Waals surface area (Å²) in [6, 6.07) is 0. The van der Waals surface area contributed by atoms with Gasteiger partial charge in [0.05, 0.1) is 0 Å². The van der Waals surface area contributed by atoms with Crippen LogP contribution in [0.3, 0.4) is 0 Å². The third-order valence-corrected chi connectivity index (χ3v) is 0.910. The second-order valence-corrected chi connectivity index (χ2v) is 3.80. The average Bonchev–Trinajstić information content (AvgIpc) is 1.60. The molecule has 0 spiro atoms. The van der Waals surface area contributed by atoms with Gasteiger partial charge >= 0.3 is 5.97 Å². The molecule has 0 saturated carbocycles. The molecule has 0 amide bonds. The monoisotopic (exact) mass is 164 g/mol. The van der Waals surface area contributed by atoms with Crippen molar-refractivity contribution < 1.29 is 9.53 Å². The van der Waals surface area contributed by atoms with Crippen molar-refractivity contribution in [3.63, 3.8) is 0 Å². The number of alkyl halides is 1. The van der Waals surface area contributed by atoms with Gasteiger partial charge in [-0.25, -0.2) is 0 Å². The van der Waals surface area contributed by atoms with E-state index in [4.69, 9.17) is 16.3 Å². The van der Waals surface area contributed by atoms with Crippen molar-refractivity contribution in [3.8, 4) is 0 Å². The summed E-state index contributed by atoms with van der Waals surface area (Å²) in [5, 5.41) is -0.556. The molecule has 1 atom stereocenters. The van der Waals surface area contributed by atoms with E-state index in [0.29, 0.717) is 0 Å². The van der Waals surface area contributed by atoms with E-state index in [2.05, 4.69) is 0 Å². The van der Waals surface area contributed by atoms with Crippen LogP contribution in [0.2, 0.25) is 0 Å². The molecule has 3 heteroatoms. The molecule has 0 aliphatic heterocycles. The lowest BCUT2D eigenvalue weighted by molar-refractivity contribution is -0.153. The highest BCUT2D eigenvalue weighted by molar-refractivity contribution is 6.29. The summed E-state index contributed by atoms with van der Waals surface area (Å²) in [5.41, 5.74) is -0.430. The summed E-state index contributed by atoms with van der Waals surface area (Å²) < 4.78 is 4.93. The maximum atomic E-state index is 10.8. The van der Waals surface area contributed by atoms with Crippen LogP contribution in [0.4, 0.5) is 0 Å². The van der Waals surface area contributed by atoms with Gasteiger partial charge in [0.2, 0.25) is 0 Å². The van der Waals surface area contributed by atoms with Gasteiger partial charge in [-0.05, 0) is 27.7 Å². The standard InChI is InChI=1S/C7H13ClO2/c1-5(8)6(9)10-7(2,3)4/h5H,1-4H3/t5-/m1/s1. The SMILES string of the molecule is C[C@@H](Cl)C(=O)OC(C)(C)C. The minimum Gasteiger partial charge on any atom is -0.459 e. The number of carbonyl (C=O) groups excluding carboxylic acids is 1. The molecule has 0 aromatic heterocycles. The van der Waals surface area contributed by atoms with Crippen LogP contribution in [0.25, 0.3) is 0 Å². The fraction of sp³-hybridized carbons (Fsp3) is 0.857. The Kier molecular flexibility index (Phi) is 3.16. The highest BCUT2D eigenvalue weighted by atomic mass is 35.5. The lowest BCUT2D eigenvalue weighted by atomic mass is 10.2. The maximum absolute atomic E-state index is 10.8. The Balaban J connectivity index is 3.81. The Morgan fingerprint density at radius 3 is 2.00 bits per heavy atom. The lowest BCUT2D eigenvalue weighted by Gasteiger charge is -2.20. The second kappa shape index (κ2) is 3.24. The first-order valence-electron chi connectivity index (χ1n) is 3.20. The maximum Gasteiger partial charge on any atom is 0.324 e. The normalized spacial score (nSPS) is 14.5.